The Kier molecular flexibility index (Phi) is 5.88. The zero-order valence-corrected chi connectivity index (χ0v) is 17.8. The van der Waals surface area contributed by atoms with Crippen molar-refractivity contribution in [3.63, 3.8) is 0 Å². The second-order valence-corrected chi connectivity index (χ2v) is 7.87. The maximum atomic E-state index is 12.6. The fraction of sp³-hybridized carbons (Fsp3) is 0.273. The molecule has 11 nitrogen and oxygen atoms in total. The van der Waals surface area contributed by atoms with Crippen molar-refractivity contribution in [3.8, 4) is 0 Å². The van der Waals surface area contributed by atoms with Gasteiger partial charge in [0.05, 0.1) is 10.5 Å². The summed E-state index contributed by atoms with van der Waals surface area (Å²) in [4.78, 5) is 65.2. The molecule has 0 saturated carbocycles. The summed E-state index contributed by atoms with van der Waals surface area (Å²) in [6.45, 7) is 2.31. The van der Waals surface area contributed by atoms with Crippen molar-refractivity contribution >= 4 is 35.0 Å². The molecule has 1 saturated heterocycles. The summed E-state index contributed by atoms with van der Waals surface area (Å²) in [5.41, 5.74) is -0.0158. The molecule has 0 unspecified atom stereocenters. The van der Waals surface area contributed by atoms with Crippen molar-refractivity contribution in [2.45, 2.75) is 0 Å². The minimum atomic E-state index is -0.884. The number of likely N-dealkylation sites (N-methyl/N-ethyl adjacent to an activating group) is 1. The first-order valence-electron chi connectivity index (χ1n) is 10.3. The highest BCUT2D eigenvalue weighted by Crippen LogP contribution is 2.30. The molecule has 0 atom stereocenters. The van der Waals surface area contributed by atoms with E-state index in [9.17, 15) is 29.3 Å². The first-order valence-corrected chi connectivity index (χ1v) is 10.3. The molecule has 33 heavy (non-hydrogen) atoms. The summed E-state index contributed by atoms with van der Waals surface area (Å²) in [6, 6.07) is 10.1. The van der Waals surface area contributed by atoms with Crippen LogP contribution in [0, 0.1) is 10.1 Å². The summed E-state index contributed by atoms with van der Waals surface area (Å²) in [6.07, 6.45) is 0. The summed E-state index contributed by atoms with van der Waals surface area (Å²) < 4.78 is 0. The van der Waals surface area contributed by atoms with E-state index in [0.29, 0.717) is 29.2 Å². The average Bonchev–Trinajstić information content (AvgIpc) is 3.04. The van der Waals surface area contributed by atoms with E-state index < -0.39 is 34.9 Å². The molecule has 4 amide bonds. The number of imide groups is 1. The Morgan fingerprint density at radius 3 is 2.30 bits per heavy atom. The first-order chi connectivity index (χ1) is 15.8. The number of fused-ring (bicyclic) bond motifs is 1. The predicted molar refractivity (Wildman–Crippen MR) is 117 cm³/mol. The molecule has 0 radical (unpaired) electrons. The Hall–Kier alpha value is -4.12. The van der Waals surface area contributed by atoms with Crippen molar-refractivity contribution < 1.29 is 24.1 Å². The molecular formula is C22H21N5O6. The zero-order chi connectivity index (χ0) is 23.7. The van der Waals surface area contributed by atoms with Crippen LogP contribution in [0.3, 0.4) is 0 Å². The molecule has 2 aliphatic rings. The van der Waals surface area contributed by atoms with Crippen LogP contribution < -0.4 is 5.32 Å². The Labute approximate surface area is 188 Å². The predicted octanol–water partition coefficient (Wildman–Crippen LogP) is 1.22. The Bertz CT molecular complexity index is 1150. The number of carbonyl (C=O) groups is 4. The molecule has 11 heteroatoms. The van der Waals surface area contributed by atoms with Crippen LogP contribution >= 0.6 is 0 Å². The van der Waals surface area contributed by atoms with Gasteiger partial charge in [0.15, 0.2) is 0 Å². The van der Waals surface area contributed by atoms with Gasteiger partial charge in [-0.05, 0) is 37.4 Å². The van der Waals surface area contributed by atoms with E-state index in [2.05, 4.69) is 10.2 Å². The number of benzene rings is 2. The van der Waals surface area contributed by atoms with Gasteiger partial charge in [0.2, 0.25) is 5.91 Å². The number of hydrogen-bond donors (Lipinski definition) is 1. The van der Waals surface area contributed by atoms with Crippen molar-refractivity contribution in [2.75, 3.05) is 45.1 Å². The van der Waals surface area contributed by atoms with Gasteiger partial charge in [0.25, 0.3) is 23.4 Å². The normalized spacial score (nSPS) is 16.0. The minimum absolute atomic E-state index is 0.0893. The van der Waals surface area contributed by atoms with Crippen LogP contribution in [0.1, 0.15) is 31.1 Å². The molecule has 1 N–H and O–H groups in total. The number of amides is 4. The molecule has 170 valence electrons. The largest absolute Gasteiger partial charge is 0.336 e. The lowest BCUT2D eigenvalue weighted by atomic mass is 10.1. The number of nitro benzene ring substituents is 1. The topological polar surface area (TPSA) is 133 Å². The number of carbonyl (C=O) groups excluding carboxylic acids is 4. The highest BCUT2D eigenvalue weighted by atomic mass is 16.6. The number of anilines is 1. The van der Waals surface area contributed by atoms with Crippen LogP contribution in [0.2, 0.25) is 0 Å². The molecular weight excluding hydrogens is 430 g/mol. The third kappa shape index (κ3) is 4.30. The molecule has 0 aliphatic carbocycles. The lowest BCUT2D eigenvalue weighted by Crippen LogP contribution is -2.47. The van der Waals surface area contributed by atoms with Crippen molar-refractivity contribution in [1.82, 2.24) is 14.7 Å². The van der Waals surface area contributed by atoms with E-state index in [1.807, 2.05) is 7.05 Å². The van der Waals surface area contributed by atoms with E-state index in [0.717, 1.165) is 19.2 Å². The first kappa shape index (κ1) is 22.1. The number of nitro groups is 1. The minimum Gasteiger partial charge on any atom is -0.336 e. The Morgan fingerprint density at radius 1 is 1.00 bits per heavy atom. The monoisotopic (exact) mass is 451 g/mol. The fourth-order valence-electron chi connectivity index (χ4n) is 3.84. The highest BCUT2D eigenvalue weighted by Gasteiger charge is 2.41. The van der Waals surface area contributed by atoms with Crippen molar-refractivity contribution in [3.05, 3.63) is 69.3 Å². The lowest BCUT2D eigenvalue weighted by Gasteiger charge is -2.32. The van der Waals surface area contributed by atoms with E-state index in [1.54, 1.807) is 29.2 Å². The lowest BCUT2D eigenvalue weighted by molar-refractivity contribution is -0.385. The molecule has 2 aliphatic heterocycles. The SMILES string of the molecule is CN1CCN(C(=O)c2ccc(NC(=O)CN3C(=O)c4cccc([N+](=O)[O-])c4C3=O)cc2)CC1. The second-order valence-electron chi connectivity index (χ2n) is 7.87. The van der Waals surface area contributed by atoms with Crippen LogP contribution in [-0.2, 0) is 4.79 Å². The average molecular weight is 451 g/mol. The number of piperazine rings is 1. The van der Waals surface area contributed by atoms with Gasteiger partial charge in [-0.25, -0.2) is 0 Å². The number of nitrogens with zero attached hydrogens (tertiary/aromatic N) is 4. The summed E-state index contributed by atoms with van der Waals surface area (Å²) in [5, 5.41) is 13.8. The molecule has 1 fully saturated rings. The molecule has 0 bridgehead atoms. The summed E-state index contributed by atoms with van der Waals surface area (Å²) >= 11 is 0. The molecule has 0 aromatic heterocycles. The maximum Gasteiger partial charge on any atom is 0.282 e. The molecule has 0 spiro atoms. The van der Waals surface area contributed by atoms with E-state index in [4.69, 9.17) is 0 Å². The van der Waals surface area contributed by atoms with Gasteiger partial charge >= 0.3 is 0 Å². The second kappa shape index (κ2) is 8.79. The van der Waals surface area contributed by atoms with Crippen LogP contribution in [0.25, 0.3) is 0 Å². The molecule has 2 heterocycles. The van der Waals surface area contributed by atoms with E-state index in [-0.39, 0.29) is 17.0 Å². The van der Waals surface area contributed by atoms with Crippen LogP contribution in [-0.4, -0.2) is 83.0 Å². The third-order valence-corrected chi connectivity index (χ3v) is 5.68. The fourth-order valence-corrected chi connectivity index (χ4v) is 3.84. The van der Waals surface area contributed by atoms with Crippen LogP contribution in [0.5, 0.6) is 0 Å². The zero-order valence-electron chi connectivity index (χ0n) is 17.8. The number of rotatable bonds is 5. The van der Waals surface area contributed by atoms with Gasteiger partial charge in [-0.3, -0.25) is 34.2 Å². The summed E-state index contributed by atoms with van der Waals surface area (Å²) in [5.74, 6) is -2.38. The van der Waals surface area contributed by atoms with Gasteiger partial charge in [0, 0.05) is 43.5 Å². The van der Waals surface area contributed by atoms with E-state index >= 15 is 0 Å². The number of hydrogen-bond acceptors (Lipinski definition) is 7. The van der Waals surface area contributed by atoms with Gasteiger partial charge < -0.3 is 15.1 Å². The standard InChI is InChI=1S/C22H21N5O6/c1-24-9-11-25(12-10-24)20(29)14-5-7-15(8-6-14)23-18(28)13-26-21(30)16-3-2-4-17(27(32)33)19(16)22(26)31/h2-8H,9-13H2,1H3,(H,23,28). The van der Waals surface area contributed by atoms with Crippen LogP contribution in [0.15, 0.2) is 42.5 Å². The van der Waals surface area contributed by atoms with Gasteiger partial charge in [-0.1, -0.05) is 6.07 Å². The van der Waals surface area contributed by atoms with Gasteiger partial charge in [-0.2, -0.15) is 0 Å². The third-order valence-electron chi connectivity index (χ3n) is 5.68. The molecule has 4 rings (SSSR count). The number of nitrogens with one attached hydrogen (secondary N) is 1. The van der Waals surface area contributed by atoms with Crippen molar-refractivity contribution in [2.24, 2.45) is 0 Å². The molecule has 2 aromatic rings. The maximum absolute atomic E-state index is 12.6. The van der Waals surface area contributed by atoms with E-state index in [1.165, 1.54) is 12.1 Å². The van der Waals surface area contributed by atoms with Gasteiger partial charge in [0.1, 0.15) is 12.1 Å². The Morgan fingerprint density at radius 2 is 1.67 bits per heavy atom. The van der Waals surface area contributed by atoms with Crippen molar-refractivity contribution in [1.29, 1.82) is 0 Å². The Balaban J connectivity index is 1.40. The quantitative estimate of drug-likeness (QED) is 0.410. The molecule has 2 aromatic carbocycles. The van der Waals surface area contributed by atoms with Gasteiger partial charge in [-0.15, -0.1) is 0 Å². The smallest absolute Gasteiger partial charge is 0.282 e. The van der Waals surface area contributed by atoms with Crippen LogP contribution in [0.4, 0.5) is 11.4 Å². The summed E-state index contributed by atoms with van der Waals surface area (Å²) in [7, 11) is 2.00. The highest BCUT2D eigenvalue weighted by molar-refractivity contribution is 6.24.